The molecule has 0 bridgehead atoms. The first kappa shape index (κ1) is 24.6. The molecule has 1 N–H and O–H groups in total. The number of hydrogen-bond acceptors (Lipinski definition) is 2. The van der Waals surface area contributed by atoms with Gasteiger partial charge in [0.25, 0.3) is 0 Å². The van der Waals surface area contributed by atoms with Gasteiger partial charge in [-0.05, 0) is 68.7 Å². The Morgan fingerprint density at radius 2 is 1.73 bits per heavy atom. The van der Waals surface area contributed by atoms with Gasteiger partial charge in [-0.3, -0.25) is 4.79 Å². The standard InChI is InChI=1S/C24H28F3NO.BrH/c1-17-6-2-3-9-22(17)23(29)10-5-15-28-21-13-11-18(12-14-21)19-7-4-8-20(16-19)24(25,26)27;/h2-4,6-9,16,18,21,28H,5,10-15H2,1H3;1H. The Bertz CT molecular complexity index is 829. The molecule has 2 aromatic rings. The van der Waals surface area contributed by atoms with Gasteiger partial charge in [0, 0.05) is 18.0 Å². The van der Waals surface area contributed by atoms with Crippen LogP contribution in [0.5, 0.6) is 0 Å². The number of nitrogens with one attached hydrogen (secondary N) is 1. The summed E-state index contributed by atoms with van der Waals surface area (Å²) >= 11 is 0. The fraction of sp³-hybridized carbons (Fsp3) is 0.458. The lowest BCUT2D eigenvalue weighted by Gasteiger charge is -2.30. The van der Waals surface area contributed by atoms with Crippen molar-refractivity contribution >= 4 is 22.8 Å². The normalized spacial score (nSPS) is 19.2. The molecule has 0 radical (unpaired) electrons. The first-order valence-corrected chi connectivity index (χ1v) is 10.3. The van der Waals surface area contributed by atoms with Crippen LogP contribution in [-0.2, 0) is 6.18 Å². The van der Waals surface area contributed by atoms with Crippen molar-refractivity contribution < 1.29 is 18.0 Å². The zero-order valence-corrected chi connectivity index (χ0v) is 18.9. The summed E-state index contributed by atoms with van der Waals surface area (Å²) in [6.45, 7) is 2.74. The van der Waals surface area contributed by atoms with Crippen molar-refractivity contribution in [3.8, 4) is 0 Å². The molecule has 1 aliphatic carbocycles. The van der Waals surface area contributed by atoms with Crippen molar-refractivity contribution in [3.05, 3.63) is 70.8 Å². The minimum Gasteiger partial charge on any atom is -0.314 e. The van der Waals surface area contributed by atoms with E-state index in [0.29, 0.717) is 12.5 Å². The number of hydrogen-bond donors (Lipinski definition) is 1. The van der Waals surface area contributed by atoms with Gasteiger partial charge in [0.2, 0.25) is 0 Å². The number of halogens is 4. The number of benzene rings is 2. The zero-order valence-electron chi connectivity index (χ0n) is 17.2. The van der Waals surface area contributed by atoms with Crippen LogP contribution in [0.2, 0.25) is 0 Å². The van der Waals surface area contributed by atoms with E-state index in [0.717, 1.165) is 61.4 Å². The lowest BCUT2D eigenvalue weighted by atomic mass is 9.81. The fourth-order valence-electron chi connectivity index (χ4n) is 4.18. The summed E-state index contributed by atoms with van der Waals surface area (Å²) < 4.78 is 38.8. The van der Waals surface area contributed by atoms with Crippen molar-refractivity contribution in [2.75, 3.05) is 6.54 Å². The summed E-state index contributed by atoms with van der Waals surface area (Å²) in [5, 5.41) is 3.52. The molecule has 30 heavy (non-hydrogen) atoms. The molecule has 0 atom stereocenters. The summed E-state index contributed by atoms with van der Waals surface area (Å²) in [4.78, 5) is 12.3. The third-order valence-electron chi connectivity index (χ3n) is 5.87. The molecule has 0 saturated heterocycles. The smallest absolute Gasteiger partial charge is 0.314 e. The monoisotopic (exact) mass is 483 g/mol. The number of aryl methyl sites for hydroxylation is 1. The Morgan fingerprint density at radius 3 is 2.40 bits per heavy atom. The number of Topliss-reactive ketones (excluding diaryl/α,β-unsaturated/α-hetero) is 1. The van der Waals surface area contributed by atoms with E-state index in [9.17, 15) is 18.0 Å². The van der Waals surface area contributed by atoms with E-state index in [4.69, 9.17) is 0 Å². The van der Waals surface area contributed by atoms with Gasteiger partial charge in [-0.1, -0.05) is 42.5 Å². The SMILES string of the molecule is Br.Cc1ccccc1C(=O)CCCNC1CCC(c2cccc(C(F)(F)F)c2)CC1. The van der Waals surface area contributed by atoms with Crippen molar-refractivity contribution in [3.63, 3.8) is 0 Å². The van der Waals surface area contributed by atoms with E-state index >= 15 is 0 Å². The highest BCUT2D eigenvalue weighted by Crippen LogP contribution is 2.36. The van der Waals surface area contributed by atoms with Crippen molar-refractivity contribution in [2.45, 2.75) is 63.6 Å². The summed E-state index contributed by atoms with van der Waals surface area (Å²) in [6.07, 6.45) is 0.712. The number of carbonyl (C=O) groups is 1. The average molecular weight is 484 g/mol. The summed E-state index contributed by atoms with van der Waals surface area (Å²) in [5.74, 6) is 0.371. The second-order valence-electron chi connectivity index (χ2n) is 7.97. The second-order valence-corrected chi connectivity index (χ2v) is 7.97. The van der Waals surface area contributed by atoms with Crippen molar-refractivity contribution in [2.24, 2.45) is 0 Å². The van der Waals surface area contributed by atoms with Crippen molar-refractivity contribution in [1.82, 2.24) is 5.32 Å². The van der Waals surface area contributed by atoms with E-state index in [2.05, 4.69) is 5.32 Å². The highest BCUT2D eigenvalue weighted by atomic mass is 79.9. The quantitative estimate of drug-likeness (QED) is 0.343. The van der Waals surface area contributed by atoms with Gasteiger partial charge in [-0.2, -0.15) is 13.2 Å². The maximum Gasteiger partial charge on any atom is 0.416 e. The molecule has 0 unspecified atom stereocenters. The van der Waals surface area contributed by atoms with E-state index in [1.807, 2.05) is 37.3 Å². The predicted octanol–water partition coefficient (Wildman–Crippen LogP) is 6.87. The number of ketones is 1. The van der Waals surface area contributed by atoms with Crippen LogP contribution in [-0.4, -0.2) is 18.4 Å². The fourth-order valence-corrected chi connectivity index (χ4v) is 4.18. The maximum absolute atomic E-state index is 12.9. The molecule has 1 fully saturated rings. The minimum atomic E-state index is -4.29. The van der Waals surface area contributed by atoms with Crippen LogP contribution in [0.25, 0.3) is 0 Å². The molecule has 164 valence electrons. The van der Waals surface area contributed by atoms with Crippen molar-refractivity contribution in [1.29, 1.82) is 0 Å². The largest absolute Gasteiger partial charge is 0.416 e. The Balaban J connectivity index is 0.00000320. The Morgan fingerprint density at radius 1 is 1.03 bits per heavy atom. The summed E-state index contributed by atoms with van der Waals surface area (Å²) in [7, 11) is 0. The average Bonchev–Trinajstić information content (AvgIpc) is 2.71. The first-order valence-electron chi connectivity index (χ1n) is 10.3. The Labute approximate surface area is 187 Å². The van der Waals surface area contributed by atoms with Gasteiger partial charge in [0.1, 0.15) is 0 Å². The predicted molar refractivity (Wildman–Crippen MR) is 120 cm³/mol. The first-order chi connectivity index (χ1) is 13.8. The van der Waals surface area contributed by atoms with Crippen LogP contribution in [0, 0.1) is 6.92 Å². The molecule has 6 heteroatoms. The topological polar surface area (TPSA) is 29.1 Å². The molecule has 0 aromatic heterocycles. The highest BCUT2D eigenvalue weighted by Gasteiger charge is 2.31. The van der Waals surface area contributed by atoms with E-state index in [1.54, 1.807) is 0 Å². The van der Waals surface area contributed by atoms with Gasteiger partial charge < -0.3 is 5.32 Å². The lowest BCUT2D eigenvalue weighted by Crippen LogP contribution is -2.33. The van der Waals surface area contributed by atoms with E-state index in [1.165, 1.54) is 12.1 Å². The molecule has 1 saturated carbocycles. The molecule has 0 spiro atoms. The lowest BCUT2D eigenvalue weighted by molar-refractivity contribution is -0.137. The molecule has 1 aliphatic rings. The molecule has 0 heterocycles. The third kappa shape index (κ3) is 6.67. The number of carbonyl (C=O) groups excluding carboxylic acids is 1. The van der Waals surface area contributed by atoms with Crippen LogP contribution in [0.3, 0.4) is 0 Å². The third-order valence-corrected chi connectivity index (χ3v) is 5.87. The molecule has 3 rings (SSSR count). The summed E-state index contributed by atoms with van der Waals surface area (Å²) in [5.41, 5.74) is 2.04. The molecule has 2 aromatic carbocycles. The minimum absolute atomic E-state index is 0. The Hall–Kier alpha value is -1.66. The molecular weight excluding hydrogens is 455 g/mol. The highest BCUT2D eigenvalue weighted by molar-refractivity contribution is 8.93. The van der Waals surface area contributed by atoms with Gasteiger partial charge in [-0.25, -0.2) is 0 Å². The van der Waals surface area contributed by atoms with Gasteiger partial charge in [0.05, 0.1) is 5.56 Å². The van der Waals surface area contributed by atoms with E-state index in [-0.39, 0.29) is 28.7 Å². The van der Waals surface area contributed by atoms with Crippen LogP contribution in [0.4, 0.5) is 13.2 Å². The van der Waals surface area contributed by atoms with Gasteiger partial charge in [0.15, 0.2) is 5.78 Å². The second kappa shape index (κ2) is 11.1. The van der Waals surface area contributed by atoms with Gasteiger partial charge in [-0.15, -0.1) is 17.0 Å². The van der Waals surface area contributed by atoms with Crippen LogP contribution in [0.15, 0.2) is 48.5 Å². The maximum atomic E-state index is 12.9. The summed E-state index contributed by atoms with van der Waals surface area (Å²) in [6, 6.07) is 13.8. The molecular formula is C24H29BrF3NO. The van der Waals surface area contributed by atoms with Crippen LogP contribution >= 0.6 is 17.0 Å². The Kier molecular flexibility index (Phi) is 9.10. The van der Waals surface area contributed by atoms with Gasteiger partial charge >= 0.3 is 6.18 Å². The zero-order chi connectivity index (χ0) is 20.9. The molecule has 0 aliphatic heterocycles. The molecule has 2 nitrogen and oxygen atoms in total. The number of alkyl halides is 3. The van der Waals surface area contributed by atoms with Crippen LogP contribution < -0.4 is 5.32 Å². The van der Waals surface area contributed by atoms with E-state index < -0.39 is 11.7 Å². The van der Waals surface area contributed by atoms with Crippen LogP contribution in [0.1, 0.15) is 71.5 Å². The number of rotatable bonds is 7. The molecule has 0 amide bonds.